The summed E-state index contributed by atoms with van der Waals surface area (Å²) in [7, 11) is 0. The van der Waals surface area contributed by atoms with Crippen LogP contribution in [0.3, 0.4) is 0 Å². The number of hydrogen-bond acceptors (Lipinski definition) is 3. The zero-order valence-corrected chi connectivity index (χ0v) is 18.1. The molecule has 4 heteroatoms. The van der Waals surface area contributed by atoms with Gasteiger partial charge in [0.2, 0.25) is 6.23 Å². The molecular weight excluding hydrogens is 416 g/mol. The maximum Gasteiger partial charge on any atom is 0.213 e. The fraction of sp³-hybridized carbons (Fsp3) is 0.107. The van der Waals surface area contributed by atoms with Crippen LogP contribution in [-0.4, -0.2) is 10.7 Å². The van der Waals surface area contributed by atoms with E-state index in [9.17, 15) is 0 Å². The second-order valence-electron chi connectivity index (χ2n) is 8.15. The van der Waals surface area contributed by atoms with Crippen LogP contribution in [0.2, 0.25) is 5.02 Å². The van der Waals surface area contributed by atoms with Gasteiger partial charge in [-0.3, -0.25) is 0 Å². The summed E-state index contributed by atoms with van der Waals surface area (Å²) in [6.07, 6.45) is 0.560. The first-order valence-corrected chi connectivity index (χ1v) is 11.2. The van der Waals surface area contributed by atoms with Crippen molar-refractivity contribution in [2.75, 3.05) is 0 Å². The Hall–Kier alpha value is -3.56. The van der Waals surface area contributed by atoms with Gasteiger partial charge in [-0.2, -0.15) is 5.10 Å². The molecule has 2 heterocycles. The van der Waals surface area contributed by atoms with Crippen molar-refractivity contribution in [2.45, 2.75) is 18.7 Å². The summed E-state index contributed by atoms with van der Waals surface area (Å²) in [6, 6.07) is 35.4. The average molecular weight is 437 g/mol. The summed E-state index contributed by atoms with van der Waals surface area (Å²) in [6.45, 7) is 0. The topological polar surface area (TPSA) is 24.8 Å². The largest absolute Gasteiger partial charge is 0.464 e. The molecule has 0 saturated heterocycles. The molecule has 0 spiro atoms. The number of halogens is 1. The molecule has 4 aromatic carbocycles. The molecule has 0 saturated carbocycles. The first-order valence-electron chi connectivity index (χ1n) is 10.8. The van der Waals surface area contributed by atoms with E-state index >= 15 is 0 Å². The van der Waals surface area contributed by atoms with Crippen LogP contribution in [-0.2, 0) is 0 Å². The summed E-state index contributed by atoms with van der Waals surface area (Å²) in [5.74, 6) is 0.929. The Bertz CT molecular complexity index is 1280. The maximum absolute atomic E-state index is 6.48. The van der Waals surface area contributed by atoms with Crippen molar-refractivity contribution in [3.63, 3.8) is 0 Å². The number of nitrogens with zero attached hydrogens (tertiary/aromatic N) is 2. The van der Waals surface area contributed by atoms with Crippen LogP contribution in [0.1, 0.15) is 35.4 Å². The molecule has 32 heavy (non-hydrogen) atoms. The lowest BCUT2D eigenvalue weighted by Gasteiger charge is -2.38. The van der Waals surface area contributed by atoms with Crippen LogP contribution >= 0.6 is 11.6 Å². The van der Waals surface area contributed by atoms with E-state index in [1.807, 2.05) is 36.4 Å². The van der Waals surface area contributed by atoms with Crippen LogP contribution in [0.5, 0.6) is 5.75 Å². The average Bonchev–Trinajstić information content (AvgIpc) is 3.30. The summed E-state index contributed by atoms with van der Waals surface area (Å²) in [5.41, 5.74) is 6.81. The van der Waals surface area contributed by atoms with Gasteiger partial charge in [0, 0.05) is 22.6 Å². The Morgan fingerprint density at radius 1 is 0.719 bits per heavy atom. The zero-order chi connectivity index (χ0) is 21.5. The first kappa shape index (κ1) is 19.1. The highest BCUT2D eigenvalue weighted by atomic mass is 35.5. The molecule has 0 bridgehead atoms. The second kappa shape index (κ2) is 7.85. The van der Waals surface area contributed by atoms with Gasteiger partial charge in [-0.05, 0) is 34.9 Å². The Morgan fingerprint density at radius 2 is 1.38 bits per heavy atom. The van der Waals surface area contributed by atoms with Gasteiger partial charge < -0.3 is 4.74 Å². The van der Waals surface area contributed by atoms with Crippen LogP contribution in [0, 0.1) is 0 Å². The molecule has 4 aromatic rings. The molecule has 0 aliphatic carbocycles. The highest BCUT2D eigenvalue weighted by Crippen LogP contribution is 2.47. The summed E-state index contributed by atoms with van der Waals surface area (Å²) < 4.78 is 6.48. The third kappa shape index (κ3) is 3.35. The van der Waals surface area contributed by atoms with Crippen LogP contribution in [0.25, 0.3) is 11.1 Å². The summed E-state index contributed by atoms with van der Waals surface area (Å²) >= 11 is 6.10. The molecular formula is C28H21ClN2O. The Kier molecular flexibility index (Phi) is 4.70. The monoisotopic (exact) mass is 436 g/mol. The minimum Gasteiger partial charge on any atom is -0.464 e. The van der Waals surface area contributed by atoms with Gasteiger partial charge in [0.15, 0.2) is 0 Å². The van der Waals surface area contributed by atoms with E-state index in [1.54, 1.807) is 0 Å². The van der Waals surface area contributed by atoms with E-state index in [4.69, 9.17) is 21.4 Å². The van der Waals surface area contributed by atoms with Crippen molar-refractivity contribution in [2.24, 2.45) is 5.10 Å². The predicted molar refractivity (Wildman–Crippen MR) is 129 cm³/mol. The van der Waals surface area contributed by atoms with E-state index in [0.29, 0.717) is 0 Å². The van der Waals surface area contributed by atoms with Gasteiger partial charge in [-0.15, -0.1) is 0 Å². The van der Waals surface area contributed by atoms with Crippen molar-refractivity contribution >= 4 is 17.3 Å². The Labute approximate surface area is 192 Å². The number of para-hydroxylation sites is 1. The fourth-order valence-electron chi connectivity index (χ4n) is 4.54. The number of ether oxygens (including phenoxy) is 1. The highest BCUT2D eigenvalue weighted by molar-refractivity contribution is 6.30. The molecule has 2 atom stereocenters. The van der Waals surface area contributed by atoms with Crippen LogP contribution < -0.4 is 4.74 Å². The van der Waals surface area contributed by atoms with Crippen molar-refractivity contribution in [3.8, 4) is 16.9 Å². The zero-order valence-electron chi connectivity index (χ0n) is 17.4. The molecule has 0 unspecified atom stereocenters. The lowest BCUT2D eigenvalue weighted by molar-refractivity contribution is -0.0190. The third-order valence-electron chi connectivity index (χ3n) is 6.18. The van der Waals surface area contributed by atoms with Crippen molar-refractivity contribution in [1.29, 1.82) is 0 Å². The standard InChI is InChI=1S/C28H21ClN2O/c29-23-16-14-21(15-17-23)25-18-26-24-8-4-5-9-27(24)32-28(31(26)30-25)22-12-10-20(11-13-22)19-6-2-1-3-7-19/h1-17,26,28H,18H2/t26-,28+/m1/s1. The van der Waals surface area contributed by atoms with Gasteiger partial charge in [-0.25, -0.2) is 5.01 Å². The van der Waals surface area contributed by atoms with E-state index in [0.717, 1.165) is 34.0 Å². The Balaban J connectivity index is 1.38. The molecule has 3 nitrogen and oxygen atoms in total. The maximum atomic E-state index is 6.48. The van der Waals surface area contributed by atoms with Crippen LogP contribution in [0.4, 0.5) is 0 Å². The van der Waals surface area contributed by atoms with Crippen LogP contribution in [0.15, 0.2) is 108 Å². The van der Waals surface area contributed by atoms with Crippen molar-refractivity contribution in [1.82, 2.24) is 5.01 Å². The SMILES string of the molecule is Clc1ccc(C2=NN3[C@H](C2)c2ccccc2O[C@H]3c2ccc(-c3ccccc3)cc2)cc1. The molecule has 0 radical (unpaired) electrons. The lowest BCUT2D eigenvalue weighted by atomic mass is 9.95. The quantitative estimate of drug-likeness (QED) is 0.338. The summed E-state index contributed by atoms with van der Waals surface area (Å²) in [4.78, 5) is 0. The van der Waals surface area contributed by atoms with E-state index in [2.05, 4.69) is 71.7 Å². The molecule has 0 fully saturated rings. The minimum absolute atomic E-state index is 0.143. The minimum atomic E-state index is -0.274. The van der Waals surface area contributed by atoms with E-state index < -0.39 is 0 Å². The molecule has 0 amide bonds. The van der Waals surface area contributed by atoms with Gasteiger partial charge >= 0.3 is 0 Å². The smallest absolute Gasteiger partial charge is 0.213 e. The third-order valence-corrected chi connectivity index (χ3v) is 6.43. The molecule has 156 valence electrons. The first-order chi connectivity index (χ1) is 15.8. The number of rotatable bonds is 3. The predicted octanol–water partition coefficient (Wildman–Crippen LogP) is 7.25. The van der Waals surface area contributed by atoms with Crippen molar-refractivity contribution in [3.05, 3.63) is 125 Å². The Morgan fingerprint density at radius 3 is 2.16 bits per heavy atom. The second-order valence-corrected chi connectivity index (χ2v) is 8.59. The number of benzene rings is 4. The molecule has 0 N–H and O–H groups in total. The lowest BCUT2D eigenvalue weighted by Crippen LogP contribution is -2.33. The number of hydrazone groups is 1. The highest BCUT2D eigenvalue weighted by Gasteiger charge is 2.40. The van der Waals surface area contributed by atoms with Gasteiger partial charge in [0.05, 0.1) is 11.8 Å². The van der Waals surface area contributed by atoms with E-state index in [-0.39, 0.29) is 12.3 Å². The fourth-order valence-corrected chi connectivity index (χ4v) is 4.67. The summed E-state index contributed by atoms with van der Waals surface area (Å²) in [5, 5.41) is 7.88. The van der Waals surface area contributed by atoms with E-state index in [1.165, 1.54) is 16.7 Å². The molecule has 0 aromatic heterocycles. The molecule has 6 rings (SSSR count). The number of hydrogen-bond donors (Lipinski definition) is 0. The molecule has 2 aliphatic heterocycles. The van der Waals surface area contributed by atoms with Gasteiger partial charge in [0.25, 0.3) is 0 Å². The van der Waals surface area contributed by atoms with Crippen molar-refractivity contribution < 1.29 is 4.74 Å². The van der Waals surface area contributed by atoms with Gasteiger partial charge in [0.1, 0.15) is 5.75 Å². The normalized spacial score (nSPS) is 19.0. The number of fused-ring (bicyclic) bond motifs is 3. The van der Waals surface area contributed by atoms with Gasteiger partial charge in [-0.1, -0.05) is 96.5 Å². The molecule has 2 aliphatic rings.